The van der Waals surface area contributed by atoms with Crippen LogP contribution in [0.5, 0.6) is 0 Å². The maximum atomic E-state index is 12.3. The number of carbonyl (C=O) groups is 2. The van der Waals surface area contributed by atoms with Gasteiger partial charge in [-0.2, -0.15) is 0 Å². The molecule has 1 rings (SSSR count). The number of carbonyl (C=O) groups excluding carboxylic acids is 2. The van der Waals surface area contributed by atoms with Crippen LogP contribution in [-0.2, 0) is 16.0 Å². The molecule has 1 amide bonds. The minimum Gasteiger partial charge on any atom is -0.465 e. The highest BCUT2D eigenvalue weighted by Crippen LogP contribution is 2.06. The molecule has 0 aromatic heterocycles. The number of ether oxygens (including phenoxy) is 1. The van der Waals surface area contributed by atoms with Gasteiger partial charge in [-0.25, -0.2) is 4.79 Å². The van der Waals surface area contributed by atoms with Crippen LogP contribution in [0, 0.1) is 0 Å². The second kappa shape index (κ2) is 14.2. The van der Waals surface area contributed by atoms with E-state index in [9.17, 15) is 9.59 Å². The summed E-state index contributed by atoms with van der Waals surface area (Å²) in [6.45, 7) is 8.98. The van der Waals surface area contributed by atoms with Gasteiger partial charge in [0.1, 0.15) is 0 Å². The first-order chi connectivity index (χ1) is 13.0. The van der Waals surface area contributed by atoms with E-state index in [0.29, 0.717) is 37.7 Å². The van der Waals surface area contributed by atoms with Gasteiger partial charge >= 0.3 is 5.97 Å². The van der Waals surface area contributed by atoms with Gasteiger partial charge < -0.3 is 19.9 Å². The molecule has 0 saturated carbocycles. The van der Waals surface area contributed by atoms with E-state index in [4.69, 9.17) is 4.74 Å². The molecule has 0 heterocycles. The van der Waals surface area contributed by atoms with E-state index in [1.807, 2.05) is 49.8 Å². The Kier molecular flexibility index (Phi) is 13.3. The molecule has 28 heavy (non-hydrogen) atoms. The lowest BCUT2D eigenvalue weighted by Gasteiger charge is -2.25. The van der Waals surface area contributed by atoms with Crippen molar-refractivity contribution in [3.8, 4) is 0 Å². The van der Waals surface area contributed by atoms with Gasteiger partial charge in [-0.3, -0.25) is 9.79 Å². The molecule has 1 N–H and O–H groups in total. The van der Waals surface area contributed by atoms with Crippen LogP contribution in [0.15, 0.2) is 29.3 Å². The number of methoxy groups -OCH3 is 1. The number of nitrogens with one attached hydrogen (secondary N) is 1. The summed E-state index contributed by atoms with van der Waals surface area (Å²) < 4.78 is 4.70. The summed E-state index contributed by atoms with van der Waals surface area (Å²) in [7, 11) is 3.24. The average Bonchev–Trinajstić information content (AvgIpc) is 2.68. The van der Waals surface area contributed by atoms with E-state index in [0.717, 1.165) is 18.5 Å². The predicted molar refractivity (Wildman–Crippen MR) is 123 cm³/mol. The van der Waals surface area contributed by atoms with Crippen molar-refractivity contribution < 1.29 is 14.3 Å². The number of rotatable bonds is 9. The van der Waals surface area contributed by atoms with Crippen LogP contribution in [0.25, 0.3) is 0 Å². The van der Waals surface area contributed by atoms with Crippen LogP contribution in [0.4, 0.5) is 0 Å². The van der Waals surface area contributed by atoms with Crippen LogP contribution in [0.2, 0.25) is 0 Å². The van der Waals surface area contributed by atoms with Crippen molar-refractivity contribution in [2.75, 3.05) is 46.9 Å². The largest absolute Gasteiger partial charge is 0.465 e. The molecule has 0 aliphatic carbocycles. The summed E-state index contributed by atoms with van der Waals surface area (Å²) in [5, 5.41) is 3.22. The van der Waals surface area contributed by atoms with Gasteiger partial charge in [-0.1, -0.05) is 12.1 Å². The Morgan fingerprint density at radius 2 is 1.71 bits per heavy atom. The zero-order valence-electron chi connectivity index (χ0n) is 17.5. The monoisotopic (exact) mass is 504 g/mol. The van der Waals surface area contributed by atoms with Crippen LogP contribution < -0.4 is 5.32 Å². The summed E-state index contributed by atoms with van der Waals surface area (Å²) in [4.78, 5) is 32.0. The second-order valence-electron chi connectivity index (χ2n) is 6.10. The van der Waals surface area contributed by atoms with E-state index in [-0.39, 0.29) is 35.9 Å². The van der Waals surface area contributed by atoms with Crippen LogP contribution in [0.1, 0.15) is 36.7 Å². The van der Waals surface area contributed by atoms with E-state index in [1.165, 1.54) is 7.11 Å². The van der Waals surface area contributed by atoms with Crippen molar-refractivity contribution in [1.29, 1.82) is 0 Å². The van der Waals surface area contributed by atoms with Crippen LogP contribution in [-0.4, -0.2) is 74.5 Å². The normalized spacial score (nSPS) is 10.7. The fourth-order valence-electron chi connectivity index (χ4n) is 2.64. The van der Waals surface area contributed by atoms with Gasteiger partial charge in [0.25, 0.3) is 0 Å². The molecule has 1 aromatic carbocycles. The molecule has 0 unspecified atom stereocenters. The van der Waals surface area contributed by atoms with Gasteiger partial charge in [-0.15, -0.1) is 24.0 Å². The number of esters is 1. The first kappa shape index (κ1) is 26.2. The number of nitrogens with zero attached hydrogens (tertiary/aromatic N) is 3. The Bertz CT molecular complexity index is 631. The lowest BCUT2D eigenvalue weighted by molar-refractivity contribution is -0.131. The van der Waals surface area contributed by atoms with Crippen molar-refractivity contribution in [1.82, 2.24) is 15.1 Å². The molecule has 0 fully saturated rings. The molecule has 0 aliphatic heterocycles. The molecule has 0 spiro atoms. The molecule has 0 atom stereocenters. The van der Waals surface area contributed by atoms with Gasteiger partial charge in [0.05, 0.1) is 19.2 Å². The molecule has 0 saturated heterocycles. The highest BCUT2D eigenvalue weighted by molar-refractivity contribution is 14.0. The smallest absolute Gasteiger partial charge is 0.337 e. The van der Waals surface area contributed by atoms with Crippen LogP contribution in [0.3, 0.4) is 0 Å². The maximum absolute atomic E-state index is 12.3. The standard InChI is InChI=1S/C20H32N4O3.HI/c1-6-21-20(23(4)15-18(25)24(7-2)8-3)22-14-13-16-9-11-17(12-10-16)19(26)27-5;/h9-12H,6-8,13-15H2,1-5H3,(H,21,22);1H. The van der Waals surface area contributed by atoms with E-state index in [2.05, 4.69) is 10.3 Å². The van der Waals surface area contributed by atoms with Crippen LogP contribution >= 0.6 is 24.0 Å². The summed E-state index contributed by atoms with van der Waals surface area (Å²) >= 11 is 0. The number of hydrogen-bond acceptors (Lipinski definition) is 4. The summed E-state index contributed by atoms with van der Waals surface area (Å²) in [5.41, 5.74) is 1.62. The van der Waals surface area contributed by atoms with Crippen molar-refractivity contribution in [3.63, 3.8) is 0 Å². The Labute approximate surface area is 185 Å². The minimum absolute atomic E-state index is 0. The zero-order valence-corrected chi connectivity index (χ0v) is 19.9. The Balaban J connectivity index is 0.00000729. The molecule has 1 aromatic rings. The number of halogens is 1. The molecular weight excluding hydrogens is 471 g/mol. The predicted octanol–water partition coefficient (Wildman–Crippen LogP) is 2.40. The van der Waals surface area contributed by atoms with Crippen molar-refractivity contribution >= 4 is 41.8 Å². The van der Waals surface area contributed by atoms with Gasteiger partial charge in [0, 0.05) is 33.2 Å². The molecule has 158 valence electrons. The molecule has 0 bridgehead atoms. The minimum atomic E-state index is -0.339. The Hall–Kier alpha value is -1.84. The number of amides is 1. The fraction of sp³-hybridized carbons (Fsp3) is 0.550. The number of benzene rings is 1. The van der Waals surface area contributed by atoms with Crippen molar-refractivity contribution in [3.05, 3.63) is 35.4 Å². The third-order valence-electron chi connectivity index (χ3n) is 4.22. The van der Waals surface area contributed by atoms with E-state index in [1.54, 1.807) is 12.1 Å². The highest BCUT2D eigenvalue weighted by Gasteiger charge is 2.14. The maximum Gasteiger partial charge on any atom is 0.337 e. The number of likely N-dealkylation sites (N-methyl/N-ethyl adjacent to an activating group) is 2. The zero-order chi connectivity index (χ0) is 20.2. The molecule has 7 nitrogen and oxygen atoms in total. The number of aliphatic imine (C=N–C) groups is 1. The summed E-state index contributed by atoms with van der Waals surface area (Å²) in [5.74, 6) is 0.462. The average molecular weight is 504 g/mol. The lowest BCUT2D eigenvalue weighted by atomic mass is 10.1. The fourth-order valence-corrected chi connectivity index (χ4v) is 2.64. The highest BCUT2D eigenvalue weighted by atomic mass is 127. The summed E-state index contributed by atoms with van der Waals surface area (Å²) in [6.07, 6.45) is 0.744. The summed E-state index contributed by atoms with van der Waals surface area (Å²) in [6, 6.07) is 7.32. The van der Waals surface area contributed by atoms with Gasteiger partial charge in [0.2, 0.25) is 5.91 Å². The molecular formula is C20H33IN4O3. The molecule has 8 heteroatoms. The topological polar surface area (TPSA) is 74.2 Å². The van der Waals surface area contributed by atoms with E-state index < -0.39 is 0 Å². The van der Waals surface area contributed by atoms with Gasteiger partial charge in [0.15, 0.2) is 5.96 Å². The second-order valence-corrected chi connectivity index (χ2v) is 6.10. The van der Waals surface area contributed by atoms with Gasteiger partial charge in [-0.05, 0) is 44.9 Å². The molecule has 0 radical (unpaired) electrons. The SMILES string of the molecule is CCNC(=NCCc1ccc(C(=O)OC)cc1)N(C)CC(=O)N(CC)CC.I. The number of guanidine groups is 1. The van der Waals surface area contributed by atoms with Crippen molar-refractivity contribution in [2.45, 2.75) is 27.2 Å². The third kappa shape index (κ3) is 8.45. The first-order valence-corrected chi connectivity index (χ1v) is 9.41. The Morgan fingerprint density at radius 1 is 1.11 bits per heavy atom. The lowest BCUT2D eigenvalue weighted by Crippen LogP contribution is -2.45. The molecule has 0 aliphatic rings. The first-order valence-electron chi connectivity index (χ1n) is 9.41. The quantitative estimate of drug-likeness (QED) is 0.242. The number of hydrogen-bond donors (Lipinski definition) is 1. The van der Waals surface area contributed by atoms with E-state index >= 15 is 0 Å². The third-order valence-corrected chi connectivity index (χ3v) is 4.22. The van der Waals surface area contributed by atoms with Crippen molar-refractivity contribution in [2.24, 2.45) is 4.99 Å². The Morgan fingerprint density at radius 3 is 2.21 bits per heavy atom.